The van der Waals surface area contributed by atoms with Crippen molar-refractivity contribution in [1.29, 1.82) is 0 Å². The van der Waals surface area contributed by atoms with Crippen LogP contribution in [0.15, 0.2) is 12.7 Å². The maximum atomic E-state index is 11.4. The van der Waals surface area contributed by atoms with E-state index in [1.807, 2.05) is 0 Å². The molecular formula is C13H25NO2. The van der Waals surface area contributed by atoms with Crippen molar-refractivity contribution in [2.24, 2.45) is 0 Å². The highest BCUT2D eigenvalue weighted by molar-refractivity contribution is 5.86. The molecule has 1 amide bonds. The predicted octanol–water partition coefficient (Wildman–Crippen LogP) is 2.35. The fraction of sp³-hybridized carbons (Fsp3) is 0.769. The van der Waals surface area contributed by atoms with E-state index in [0.29, 0.717) is 6.54 Å². The number of aliphatic hydroxyl groups is 1. The number of rotatable bonds is 10. The first kappa shape index (κ1) is 15.2. The van der Waals surface area contributed by atoms with E-state index in [0.717, 1.165) is 19.4 Å². The molecule has 0 atom stereocenters. The lowest BCUT2D eigenvalue weighted by molar-refractivity contribution is -0.126. The molecule has 0 unspecified atom stereocenters. The molecule has 0 saturated heterocycles. The minimum absolute atomic E-state index is 0.0232. The molecule has 94 valence electrons. The first-order valence-corrected chi connectivity index (χ1v) is 6.28. The Bertz CT molecular complexity index is 192. The van der Waals surface area contributed by atoms with Gasteiger partial charge in [-0.1, -0.05) is 45.6 Å². The molecule has 0 aliphatic heterocycles. The van der Waals surface area contributed by atoms with Crippen LogP contribution in [0.1, 0.15) is 45.4 Å². The molecule has 0 aliphatic rings. The normalized spacial score (nSPS) is 10.1. The monoisotopic (exact) mass is 227 g/mol. The second kappa shape index (κ2) is 10.7. The van der Waals surface area contributed by atoms with Gasteiger partial charge >= 0.3 is 0 Å². The van der Waals surface area contributed by atoms with E-state index < -0.39 is 0 Å². The Kier molecular flexibility index (Phi) is 10.1. The fourth-order valence-corrected chi connectivity index (χ4v) is 1.66. The van der Waals surface area contributed by atoms with E-state index in [1.165, 1.54) is 31.8 Å². The summed E-state index contributed by atoms with van der Waals surface area (Å²) in [5, 5.41) is 8.83. The summed E-state index contributed by atoms with van der Waals surface area (Å²) in [5.41, 5.74) is 0. The van der Waals surface area contributed by atoms with Gasteiger partial charge < -0.3 is 10.0 Å². The van der Waals surface area contributed by atoms with Gasteiger partial charge in [0.1, 0.15) is 0 Å². The van der Waals surface area contributed by atoms with Crippen LogP contribution < -0.4 is 0 Å². The summed E-state index contributed by atoms with van der Waals surface area (Å²) in [6.45, 7) is 6.83. The van der Waals surface area contributed by atoms with Crippen LogP contribution in [0, 0.1) is 0 Å². The predicted molar refractivity (Wildman–Crippen MR) is 67.2 cm³/mol. The van der Waals surface area contributed by atoms with Crippen LogP contribution in [0.25, 0.3) is 0 Å². The Morgan fingerprint density at radius 1 is 1.19 bits per heavy atom. The number of carbonyl (C=O) groups excluding carboxylic acids is 1. The summed E-state index contributed by atoms with van der Waals surface area (Å²) in [4.78, 5) is 13.0. The zero-order chi connectivity index (χ0) is 12.2. The largest absolute Gasteiger partial charge is 0.395 e. The minimum atomic E-state index is -0.0809. The SMILES string of the molecule is C=CC(=O)N(CCO)CCCCCCCC. The van der Waals surface area contributed by atoms with Gasteiger partial charge in [0.2, 0.25) is 5.91 Å². The van der Waals surface area contributed by atoms with Crippen LogP contribution in [0.4, 0.5) is 0 Å². The van der Waals surface area contributed by atoms with Crippen molar-refractivity contribution in [2.45, 2.75) is 45.4 Å². The maximum absolute atomic E-state index is 11.4. The minimum Gasteiger partial charge on any atom is -0.395 e. The van der Waals surface area contributed by atoms with Crippen LogP contribution in [0.5, 0.6) is 0 Å². The van der Waals surface area contributed by atoms with E-state index in [2.05, 4.69) is 13.5 Å². The molecule has 0 fully saturated rings. The van der Waals surface area contributed by atoms with Gasteiger partial charge in [-0.05, 0) is 12.5 Å². The molecule has 3 nitrogen and oxygen atoms in total. The number of unbranched alkanes of at least 4 members (excludes halogenated alkanes) is 5. The summed E-state index contributed by atoms with van der Waals surface area (Å²) in [7, 11) is 0. The molecule has 0 aromatic rings. The van der Waals surface area contributed by atoms with Gasteiger partial charge in [-0.15, -0.1) is 0 Å². The average molecular weight is 227 g/mol. The lowest BCUT2D eigenvalue weighted by Gasteiger charge is -2.19. The lowest BCUT2D eigenvalue weighted by Crippen LogP contribution is -2.33. The summed E-state index contributed by atoms with van der Waals surface area (Å²) >= 11 is 0. The Labute approximate surface area is 99.1 Å². The Hall–Kier alpha value is -0.830. The van der Waals surface area contributed by atoms with E-state index in [9.17, 15) is 4.79 Å². The molecule has 0 bridgehead atoms. The third kappa shape index (κ3) is 7.46. The van der Waals surface area contributed by atoms with E-state index in [4.69, 9.17) is 5.11 Å². The quantitative estimate of drug-likeness (QED) is 0.460. The molecule has 16 heavy (non-hydrogen) atoms. The first-order chi connectivity index (χ1) is 7.76. The molecule has 0 aromatic heterocycles. The van der Waals surface area contributed by atoms with Crippen LogP contribution in [-0.4, -0.2) is 35.6 Å². The van der Waals surface area contributed by atoms with Gasteiger partial charge in [-0.2, -0.15) is 0 Å². The van der Waals surface area contributed by atoms with Gasteiger partial charge in [0.05, 0.1) is 6.61 Å². The van der Waals surface area contributed by atoms with Crippen molar-refractivity contribution >= 4 is 5.91 Å². The van der Waals surface area contributed by atoms with Crippen LogP contribution in [0.2, 0.25) is 0 Å². The topological polar surface area (TPSA) is 40.5 Å². The Morgan fingerprint density at radius 3 is 2.38 bits per heavy atom. The second-order valence-electron chi connectivity index (χ2n) is 4.02. The van der Waals surface area contributed by atoms with Gasteiger partial charge in [0.15, 0.2) is 0 Å². The molecule has 0 saturated carbocycles. The third-order valence-electron chi connectivity index (χ3n) is 2.64. The number of amides is 1. The number of aliphatic hydroxyl groups excluding tert-OH is 1. The van der Waals surface area contributed by atoms with Gasteiger partial charge in [-0.3, -0.25) is 4.79 Å². The summed E-state index contributed by atoms with van der Waals surface area (Å²) < 4.78 is 0. The van der Waals surface area contributed by atoms with Crippen molar-refractivity contribution in [3.05, 3.63) is 12.7 Å². The standard InChI is InChI=1S/C13H25NO2/c1-3-5-6-7-8-9-10-14(11-12-15)13(16)4-2/h4,15H,2-3,5-12H2,1H3. The molecule has 0 radical (unpaired) electrons. The van der Waals surface area contributed by atoms with Crippen molar-refractivity contribution in [3.63, 3.8) is 0 Å². The van der Waals surface area contributed by atoms with Crippen LogP contribution in [0.3, 0.4) is 0 Å². The highest BCUT2D eigenvalue weighted by Crippen LogP contribution is 2.06. The van der Waals surface area contributed by atoms with E-state index in [1.54, 1.807) is 4.90 Å². The fourth-order valence-electron chi connectivity index (χ4n) is 1.66. The van der Waals surface area contributed by atoms with Crippen molar-refractivity contribution < 1.29 is 9.90 Å². The molecule has 0 aromatic carbocycles. The third-order valence-corrected chi connectivity index (χ3v) is 2.64. The van der Waals surface area contributed by atoms with Gasteiger partial charge in [0, 0.05) is 13.1 Å². The van der Waals surface area contributed by atoms with Crippen molar-refractivity contribution in [3.8, 4) is 0 Å². The average Bonchev–Trinajstić information content (AvgIpc) is 2.31. The van der Waals surface area contributed by atoms with Gasteiger partial charge in [-0.25, -0.2) is 0 Å². The zero-order valence-electron chi connectivity index (χ0n) is 10.5. The molecule has 0 rings (SSSR count). The molecular weight excluding hydrogens is 202 g/mol. The second-order valence-corrected chi connectivity index (χ2v) is 4.02. The van der Waals surface area contributed by atoms with Crippen LogP contribution in [-0.2, 0) is 4.79 Å². The highest BCUT2D eigenvalue weighted by Gasteiger charge is 2.08. The molecule has 0 aliphatic carbocycles. The molecule has 0 heterocycles. The summed E-state index contributed by atoms with van der Waals surface area (Å²) in [6, 6.07) is 0. The van der Waals surface area contributed by atoms with Crippen LogP contribution >= 0.6 is 0 Å². The van der Waals surface area contributed by atoms with E-state index >= 15 is 0 Å². The molecule has 0 spiro atoms. The zero-order valence-corrected chi connectivity index (χ0v) is 10.5. The Balaban J connectivity index is 3.60. The van der Waals surface area contributed by atoms with Crippen molar-refractivity contribution in [1.82, 2.24) is 4.90 Å². The highest BCUT2D eigenvalue weighted by atomic mass is 16.3. The Morgan fingerprint density at radius 2 is 1.81 bits per heavy atom. The molecule has 3 heteroatoms. The van der Waals surface area contributed by atoms with Crippen molar-refractivity contribution in [2.75, 3.05) is 19.7 Å². The number of nitrogens with zero attached hydrogens (tertiary/aromatic N) is 1. The number of hydrogen-bond donors (Lipinski definition) is 1. The first-order valence-electron chi connectivity index (χ1n) is 6.28. The smallest absolute Gasteiger partial charge is 0.246 e. The lowest BCUT2D eigenvalue weighted by atomic mass is 10.1. The van der Waals surface area contributed by atoms with Gasteiger partial charge in [0.25, 0.3) is 0 Å². The molecule has 1 N–H and O–H groups in total. The number of carbonyl (C=O) groups is 1. The summed E-state index contributed by atoms with van der Waals surface area (Å²) in [6.07, 6.45) is 8.56. The van der Waals surface area contributed by atoms with E-state index in [-0.39, 0.29) is 12.5 Å². The number of hydrogen-bond acceptors (Lipinski definition) is 2. The summed E-state index contributed by atoms with van der Waals surface area (Å²) in [5.74, 6) is -0.0809. The maximum Gasteiger partial charge on any atom is 0.246 e.